The Hall–Kier alpha value is -2.28. The highest BCUT2D eigenvalue weighted by molar-refractivity contribution is 5.80. The van der Waals surface area contributed by atoms with E-state index in [1.54, 1.807) is 30.6 Å². The first-order valence-corrected chi connectivity index (χ1v) is 13.7. The average molecular weight is 547 g/mol. The van der Waals surface area contributed by atoms with Crippen molar-refractivity contribution >= 4 is 23.6 Å². The molecule has 0 heterocycles. The molecule has 0 aliphatic rings. The van der Waals surface area contributed by atoms with E-state index in [9.17, 15) is 39.6 Å². The molecule has 0 aromatic carbocycles. The van der Waals surface area contributed by atoms with Gasteiger partial charge in [0, 0.05) is 39.3 Å². The van der Waals surface area contributed by atoms with Crippen LogP contribution in [0.2, 0.25) is 0 Å². The standard InChI is InChI=1S/C26H50N4O8/c1-5-22(34)26(38)28-11-9-15-30(25(37)18-21(4)33)13-7-6-12-29(24(36)17-20(3)32)14-8-10-27-23(35)16-19(2)31/h19-22,31-34H,5-18H2,1-4H3,(H,27,35)(H,28,38)/t19-,20-,21-,22?/m1/s1. The minimum atomic E-state index is -1.05. The van der Waals surface area contributed by atoms with Crippen LogP contribution in [0.3, 0.4) is 0 Å². The molecule has 0 fully saturated rings. The fourth-order valence-electron chi connectivity index (χ4n) is 3.71. The van der Waals surface area contributed by atoms with E-state index in [1.807, 2.05) is 0 Å². The van der Waals surface area contributed by atoms with Crippen molar-refractivity contribution in [2.24, 2.45) is 0 Å². The monoisotopic (exact) mass is 546 g/mol. The number of hydrogen-bond acceptors (Lipinski definition) is 8. The highest BCUT2D eigenvalue weighted by Crippen LogP contribution is 2.07. The summed E-state index contributed by atoms with van der Waals surface area (Å²) in [5.41, 5.74) is 0. The number of aliphatic hydroxyl groups is 4. The molecule has 0 saturated carbocycles. The predicted molar refractivity (Wildman–Crippen MR) is 143 cm³/mol. The van der Waals surface area contributed by atoms with Gasteiger partial charge in [0.15, 0.2) is 0 Å². The number of rotatable bonds is 21. The maximum atomic E-state index is 12.6. The molecule has 12 nitrogen and oxygen atoms in total. The topological polar surface area (TPSA) is 180 Å². The largest absolute Gasteiger partial charge is 0.393 e. The number of amides is 4. The minimum Gasteiger partial charge on any atom is -0.393 e. The summed E-state index contributed by atoms with van der Waals surface area (Å²) in [5, 5.41) is 43.4. The molecule has 0 bridgehead atoms. The minimum absolute atomic E-state index is 0.00810. The summed E-state index contributed by atoms with van der Waals surface area (Å²) in [6.07, 6.45) is -0.784. The second-order valence-electron chi connectivity index (χ2n) is 9.90. The van der Waals surface area contributed by atoms with Crippen LogP contribution in [-0.2, 0) is 19.2 Å². The van der Waals surface area contributed by atoms with Crippen molar-refractivity contribution in [1.82, 2.24) is 20.4 Å². The molecule has 0 aromatic heterocycles. The van der Waals surface area contributed by atoms with Crippen molar-refractivity contribution in [1.29, 1.82) is 0 Å². The fraction of sp³-hybridized carbons (Fsp3) is 0.846. The molecule has 222 valence electrons. The lowest BCUT2D eigenvalue weighted by molar-refractivity contribution is -0.134. The lowest BCUT2D eigenvalue weighted by Crippen LogP contribution is -2.39. The van der Waals surface area contributed by atoms with Crippen LogP contribution in [0.15, 0.2) is 0 Å². The van der Waals surface area contributed by atoms with Crippen LogP contribution >= 0.6 is 0 Å². The molecule has 1 unspecified atom stereocenters. The van der Waals surface area contributed by atoms with Crippen LogP contribution in [-0.4, -0.2) is 118 Å². The van der Waals surface area contributed by atoms with E-state index in [0.29, 0.717) is 71.4 Å². The lowest BCUT2D eigenvalue weighted by atomic mass is 10.2. The zero-order valence-corrected chi connectivity index (χ0v) is 23.5. The zero-order valence-electron chi connectivity index (χ0n) is 23.5. The summed E-state index contributed by atoms with van der Waals surface area (Å²) in [7, 11) is 0. The maximum absolute atomic E-state index is 12.6. The molecular formula is C26H50N4O8. The number of nitrogens with one attached hydrogen (secondary N) is 2. The molecule has 0 saturated heterocycles. The number of hydrogen-bond donors (Lipinski definition) is 6. The molecular weight excluding hydrogens is 496 g/mol. The molecule has 4 atom stereocenters. The van der Waals surface area contributed by atoms with E-state index >= 15 is 0 Å². The van der Waals surface area contributed by atoms with Crippen LogP contribution in [0.4, 0.5) is 0 Å². The molecule has 12 heteroatoms. The molecule has 0 spiro atoms. The van der Waals surface area contributed by atoms with Crippen LogP contribution < -0.4 is 10.6 Å². The Morgan fingerprint density at radius 1 is 0.632 bits per heavy atom. The van der Waals surface area contributed by atoms with Gasteiger partial charge in [0.2, 0.25) is 23.6 Å². The highest BCUT2D eigenvalue weighted by Gasteiger charge is 2.18. The van der Waals surface area contributed by atoms with E-state index in [0.717, 1.165) is 0 Å². The Morgan fingerprint density at radius 2 is 1.03 bits per heavy atom. The van der Waals surface area contributed by atoms with Crippen LogP contribution in [0.5, 0.6) is 0 Å². The normalized spacial score (nSPS) is 14.2. The van der Waals surface area contributed by atoms with E-state index < -0.39 is 30.3 Å². The van der Waals surface area contributed by atoms with Gasteiger partial charge in [-0.3, -0.25) is 19.2 Å². The van der Waals surface area contributed by atoms with Crippen molar-refractivity contribution in [3.05, 3.63) is 0 Å². The van der Waals surface area contributed by atoms with Gasteiger partial charge in [-0.05, 0) is 52.9 Å². The van der Waals surface area contributed by atoms with Gasteiger partial charge in [0.05, 0.1) is 37.6 Å². The SMILES string of the molecule is CCC(O)C(=O)NCCCN(CCCCN(CCCNC(=O)C[C@@H](C)O)C(=O)C[C@@H](C)O)C(=O)C[C@@H](C)O. The number of aliphatic hydroxyl groups excluding tert-OH is 4. The molecule has 6 N–H and O–H groups in total. The molecule has 0 aromatic rings. The third kappa shape index (κ3) is 18.1. The van der Waals surface area contributed by atoms with Crippen LogP contribution in [0.1, 0.15) is 79.1 Å². The first-order chi connectivity index (χ1) is 17.9. The highest BCUT2D eigenvalue weighted by atomic mass is 16.3. The second-order valence-corrected chi connectivity index (χ2v) is 9.90. The summed E-state index contributed by atoms with van der Waals surface area (Å²) in [5.74, 6) is -1.10. The fourth-order valence-corrected chi connectivity index (χ4v) is 3.71. The van der Waals surface area contributed by atoms with Crippen molar-refractivity contribution < 1.29 is 39.6 Å². The molecule has 4 amide bonds. The smallest absolute Gasteiger partial charge is 0.248 e. The summed E-state index contributed by atoms with van der Waals surface area (Å²) in [6.45, 7) is 8.62. The Labute approximate surface area is 226 Å². The van der Waals surface area contributed by atoms with Gasteiger partial charge in [-0.1, -0.05) is 6.92 Å². The zero-order chi connectivity index (χ0) is 29.1. The summed E-state index contributed by atoms with van der Waals surface area (Å²) < 4.78 is 0. The first kappa shape index (κ1) is 35.7. The first-order valence-electron chi connectivity index (χ1n) is 13.7. The Kier molecular flexibility index (Phi) is 19.4. The quantitative estimate of drug-likeness (QED) is 0.104. The third-order valence-corrected chi connectivity index (χ3v) is 5.75. The molecule has 0 aliphatic heterocycles. The second kappa shape index (κ2) is 20.7. The van der Waals surface area contributed by atoms with Gasteiger partial charge in [-0.15, -0.1) is 0 Å². The molecule has 38 heavy (non-hydrogen) atoms. The van der Waals surface area contributed by atoms with E-state index in [1.165, 1.54) is 6.92 Å². The number of nitrogens with zero attached hydrogens (tertiary/aromatic N) is 2. The molecule has 0 radical (unpaired) electrons. The van der Waals surface area contributed by atoms with E-state index in [4.69, 9.17) is 0 Å². The van der Waals surface area contributed by atoms with Gasteiger partial charge in [-0.25, -0.2) is 0 Å². The molecule has 0 aliphatic carbocycles. The summed E-state index contributed by atoms with van der Waals surface area (Å²) in [6, 6.07) is 0. The van der Waals surface area contributed by atoms with Crippen molar-refractivity contribution in [2.75, 3.05) is 39.3 Å². The van der Waals surface area contributed by atoms with Crippen molar-refractivity contribution in [2.45, 2.75) is 103 Å². The molecule has 0 rings (SSSR count). The lowest BCUT2D eigenvalue weighted by Gasteiger charge is -2.26. The summed E-state index contributed by atoms with van der Waals surface area (Å²) >= 11 is 0. The number of unbranched alkanes of at least 4 members (excludes halogenated alkanes) is 1. The van der Waals surface area contributed by atoms with E-state index in [2.05, 4.69) is 10.6 Å². The average Bonchev–Trinajstić information content (AvgIpc) is 2.81. The summed E-state index contributed by atoms with van der Waals surface area (Å²) in [4.78, 5) is 51.8. The number of carbonyl (C=O) groups excluding carboxylic acids is 4. The van der Waals surface area contributed by atoms with Gasteiger partial charge in [-0.2, -0.15) is 0 Å². The van der Waals surface area contributed by atoms with Crippen molar-refractivity contribution in [3.8, 4) is 0 Å². The van der Waals surface area contributed by atoms with Gasteiger partial charge in [0.1, 0.15) is 6.10 Å². The Bertz CT molecular complexity index is 703. The van der Waals surface area contributed by atoms with E-state index in [-0.39, 0.29) is 37.0 Å². The van der Waals surface area contributed by atoms with Gasteiger partial charge >= 0.3 is 0 Å². The maximum Gasteiger partial charge on any atom is 0.248 e. The third-order valence-electron chi connectivity index (χ3n) is 5.75. The van der Waals surface area contributed by atoms with Crippen LogP contribution in [0, 0.1) is 0 Å². The Morgan fingerprint density at radius 3 is 1.42 bits per heavy atom. The van der Waals surface area contributed by atoms with Crippen LogP contribution in [0.25, 0.3) is 0 Å². The van der Waals surface area contributed by atoms with Gasteiger partial charge in [0.25, 0.3) is 0 Å². The predicted octanol–water partition coefficient (Wildman–Crippen LogP) is -0.480. The van der Waals surface area contributed by atoms with Crippen molar-refractivity contribution in [3.63, 3.8) is 0 Å². The number of carbonyl (C=O) groups is 4. The van der Waals surface area contributed by atoms with Gasteiger partial charge < -0.3 is 40.9 Å². The Balaban J connectivity index is 4.77.